The van der Waals surface area contributed by atoms with Crippen molar-refractivity contribution < 1.29 is 49.2 Å². The van der Waals surface area contributed by atoms with Gasteiger partial charge in [0.2, 0.25) is 29.5 Å². The van der Waals surface area contributed by atoms with Gasteiger partial charge >= 0.3 is 5.97 Å². The Kier molecular flexibility index (Phi) is 16.4. The van der Waals surface area contributed by atoms with Crippen molar-refractivity contribution in [3.8, 4) is 0 Å². The lowest BCUT2D eigenvalue weighted by Crippen LogP contribution is -2.61. The van der Waals surface area contributed by atoms with Crippen molar-refractivity contribution >= 4 is 35.5 Å². The van der Waals surface area contributed by atoms with Crippen molar-refractivity contribution in [3.63, 3.8) is 0 Å². The average Bonchev–Trinajstić information content (AvgIpc) is 2.85. The van der Waals surface area contributed by atoms with Crippen LogP contribution in [0.15, 0.2) is 0 Å². The van der Waals surface area contributed by atoms with E-state index in [1.54, 1.807) is 0 Å². The SMILES string of the molecule is C[C@@H](O)[C@H](NC(=O)[C@H](CCC(N)=O)NC(=O)[C@@H](NC(=O)[C@H](CO)NC(=O)[C@@H](N)CCCCN)[C@@H](C)O)C(=O)O. The Bertz CT molecular complexity index is 855. The molecular formula is C22H41N7O10. The lowest BCUT2D eigenvalue weighted by atomic mass is 10.1. The molecule has 17 heteroatoms. The fourth-order valence-electron chi connectivity index (χ4n) is 3.23. The highest BCUT2D eigenvalue weighted by molar-refractivity contribution is 5.96. The van der Waals surface area contributed by atoms with Crippen molar-refractivity contribution in [1.82, 2.24) is 21.3 Å². The van der Waals surface area contributed by atoms with E-state index in [0.717, 1.165) is 13.8 Å². The number of carbonyl (C=O) groups is 6. The molecule has 39 heavy (non-hydrogen) atoms. The van der Waals surface area contributed by atoms with E-state index in [9.17, 15) is 49.2 Å². The number of rotatable bonds is 19. The first-order chi connectivity index (χ1) is 18.2. The Balaban J connectivity index is 5.55. The molecule has 14 N–H and O–H groups in total. The van der Waals surface area contributed by atoms with Gasteiger partial charge in [-0.2, -0.15) is 0 Å². The molecule has 0 bridgehead atoms. The van der Waals surface area contributed by atoms with Gasteiger partial charge in [-0.05, 0) is 39.7 Å². The second kappa shape index (κ2) is 18.0. The van der Waals surface area contributed by atoms with E-state index in [1.165, 1.54) is 0 Å². The van der Waals surface area contributed by atoms with Crippen LogP contribution < -0.4 is 38.5 Å². The zero-order valence-corrected chi connectivity index (χ0v) is 22.0. The second-order valence-electron chi connectivity index (χ2n) is 8.99. The Hall–Kier alpha value is -3.38. The van der Waals surface area contributed by atoms with Gasteiger partial charge in [-0.1, -0.05) is 6.42 Å². The monoisotopic (exact) mass is 563 g/mol. The fourth-order valence-corrected chi connectivity index (χ4v) is 3.23. The molecule has 0 aliphatic rings. The number of primary amides is 1. The predicted octanol–water partition coefficient (Wildman–Crippen LogP) is -5.51. The third-order valence-electron chi connectivity index (χ3n) is 5.54. The molecule has 0 aliphatic heterocycles. The minimum absolute atomic E-state index is 0.272. The maximum absolute atomic E-state index is 12.9. The van der Waals surface area contributed by atoms with Crippen molar-refractivity contribution in [3.05, 3.63) is 0 Å². The maximum Gasteiger partial charge on any atom is 0.328 e. The topological polar surface area (TPSA) is 310 Å². The molecule has 5 amide bonds. The van der Waals surface area contributed by atoms with Crippen LogP contribution in [0.1, 0.15) is 46.0 Å². The Labute approximate surface area is 225 Å². The van der Waals surface area contributed by atoms with Gasteiger partial charge in [-0.25, -0.2) is 4.79 Å². The normalized spacial score (nSPS) is 16.4. The van der Waals surface area contributed by atoms with Gasteiger partial charge < -0.3 is 58.9 Å². The lowest BCUT2D eigenvalue weighted by molar-refractivity contribution is -0.145. The largest absolute Gasteiger partial charge is 0.480 e. The van der Waals surface area contributed by atoms with E-state index in [2.05, 4.69) is 16.0 Å². The van der Waals surface area contributed by atoms with Crippen LogP contribution in [0.2, 0.25) is 0 Å². The zero-order chi connectivity index (χ0) is 30.3. The van der Waals surface area contributed by atoms with Crippen LogP contribution in [0.5, 0.6) is 0 Å². The van der Waals surface area contributed by atoms with Crippen LogP contribution in [-0.4, -0.2) is 112 Å². The number of nitrogens with one attached hydrogen (secondary N) is 4. The van der Waals surface area contributed by atoms with E-state index in [-0.39, 0.29) is 12.8 Å². The summed E-state index contributed by atoms with van der Waals surface area (Å²) < 4.78 is 0. The maximum atomic E-state index is 12.9. The van der Waals surface area contributed by atoms with Crippen molar-refractivity contribution in [1.29, 1.82) is 0 Å². The molecule has 0 spiro atoms. The standard InChI is InChI=1S/C22H41N7O10/c1-10(31)16(28-20(36)14(9-30)27-18(34)12(24)5-3-4-8-23)21(37)26-13(6-7-15(25)33)19(35)29-17(11(2)32)22(38)39/h10-14,16-17,30-32H,3-9,23-24H2,1-2H3,(H2,25,33)(H,26,37)(H,27,34)(H,28,36)(H,29,35)(H,38,39)/t10-,11-,12+,13+,14+,16+,17+/m1/s1. The molecule has 0 saturated carbocycles. The number of nitrogens with two attached hydrogens (primary N) is 3. The number of carbonyl (C=O) groups excluding carboxylic acids is 5. The highest BCUT2D eigenvalue weighted by atomic mass is 16.4. The number of carboxylic acids is 1. The van der Waals surface area contributed by atoms with Gasteiger partial charge in [0.25, 0.3) is 0 Å². The smallest absolute Gasteiger partial charge is 0.328 e. The highest BCUT2D eigenvalue weighted by Crippen LogP contribution is 2.04. The molecule has 224 valence electrons. The first-order valence-electron chi connectivity index (χ1n) is 12.3. The summed E-state index contributed by atoms with van der Waals surface area (Å²) in [5, 5.41) is 47.1. The molecule has 0 heterocycles. The fraction of sp³-hybridized carbons (Fsp3) is 0.727. The van der Waals surface area contributed by atoms with Crippen LogP contribution >= 0.6 is 0 Å². The van der Waals surface area contributed by atoms with E-state index in [0.29, 0.717) is 19.4 Å². The number of unbranched alkanes of at least 4 members (excludes halogenated alkanes) is 1. The minimum atomic E-state index is -1.74. The van der Waals surface area contributed by atoms with Crippen LogP contribution in [0.4, 0.5) is 0 Å². The van der Waals surface area contributed by atoms with Gasteiger partial charge in [-0.3, -0.25) is 24.0 Å². The molecule has 0 aromatic heterocycles. The number of aliphatic hydroxyl groups is 3. The molecule has 0 saturated heterocycles. The summed E-state index contributed by atoms with van der Waals surface area (Å²) in [5.41, 5.74) is 16.3. The zero-order valence-electron chi connectivity index (χ0n) is 22.0. The molecule has 0 aliphatic carbocycles. The van der Waals surface area contributed by atoms with Crippen molar-refractivity contribution in [2.24, 2.45) is 17.2 Å². The summed E-state index contributed by atoms with van der Waals surface area (Å²) in [7, 11) is 0. The first-order valence-corrected chi connectivity index (χ1v) is 12.3. The molecule has 0 unspecified atom stereocenters. The molecule has 0 radical (unpaired) electrons. The van der Waals surface area contributed by atoms with Crippen LogP contribution in [0, 0.1) is 0 Å². The second-order valence-corrected chi connectivity index (χ2v) is 8.99. The predicted molar refractivity (Wildman–Crippen MR) is 135 cm³/mol. The molecule has 7 atom stereocenters. The van der Waals surface area contributed by atoms with E-state index in [1.807, 2.05) is 5.32 Å². The van der Waals surface area contributed by atoms with Gasteiger partial charge in [0.15, 0.2) is 6.04 Å². The molecule has 0 aromatic carbocycles. The Morgan fingerprint density at radius 1 is 0.744 bits per heavy atom. The van der Waals surface area contributed by atoms with E-state index >= 15 is 0 Å². The Morgan fingerprint density at radius 3 is 1.72 bits per heavy atom. The molecule has 17 nitrogen and oxygen atoms in total. The summed E-state index contributed by atoms with van der Waals surface area (Å²) in [5.74, 6) is -6.40. The van der Waals surface area contributed by atoms with E-state index in [4.69, 9.17) is 17.2 Å². The third-order valence-corrected chi connectivity index (χ3v) is 5.54. The summed E-state index contributed by atoms with van der Waals surface area (Å²) >= 11 is 0. The molecular weight excluding hydrogens is 522 g/mol. The summed E-state index contributed by atoms with van der Waals surface area (Å²) in [6, 6.07) is -7.53. The third kappa shape index (κ3) is 13.3. The quantitative estimate of drug-likeness (QED) is 0.0656. The Morgan fingerprint density at radius 2 is 1.26 bits per heavy atom. The summed E-state index contributed by atoms with van der Waals surface area (Å²) in [6.07, 6.45) is -2.38. The number of amides is 5. The van der Waals surface area contributed by atoms with Crippen LogP contribution in [0.3, 0.4) is 0 Å². The number of hydrogen-bond acceptors (Lipinski definition) is 11. The van der Waals surface area contributed by atoms with Crippen molar-refractivity contribution in [2.75, 3.05) is 13.2 Å². The van der Waals surface area contributed by atoms with Gasteiger partial charge in [0.1, 0.15) is 18.1 Å². The molecule has 0 fully saturated rings. The number of aliphatic hydroxyl groups excluding tert-OH is 3. The minimum Gasteiger partial charge on any atom is -0.480 e. The number of hydrogen-bond donors (Lipinski definition) is 11. The number of aliphatic carboxylic acids is 1. The molecule has 0 aromatic rings. The van der Waals surface area contributed by atoms with Gasteiger partial charge in [-0.15, -0.1) is 0 Å². The highest BCUT2D eigenvalue weighted by Gasteiger charge is 2.34. The average molecular weight is 564 g/mol. The number of carboxylic acid groups (broad SMARTS) is 1. The first kappa shape index (κ1) is 35.6. The summed E-state index contributed by atoms with van der Waals surface area (Å²) in [4.78, 5) is 73.0. The van der Waals surface area contributed by atoms with E-state index < -0.39 is 91.0 Å². The van der Waals surface area contributed by atoms with Gasteiger partial charge in [0, 0.05) is 6.42 Å². The molecule has 0 rings (SSSR count). The summed E-state index contributed by atoms with van der Waals surface area (Å²) in [6.45, 7) is 1.78. The van der Waals surface area contributed by atoms with Crippen LogP contribution in [0.25, 0.3) is 0 Å². The van der Waals surface area contributed by atoms with Gasteiger partial charge in [0.05, 0.1) is 24.9 Å². The lowest BCUT2D eigenvalue weighted by Gasteiger charge is -2.27. The van der Waals surface area contributed by atoms with Crippen LogP contribution in [-0.2, 0) is 28.8 Å². The van der Waals surface area contributed by atoms with Crippen molar-refractivity contribution in [2.45, 2.75) is 88.4 Å².